The van der Waals surface area contributed by atoms with Crippen LogP contribution in [-0.2, 0) is 5.60 Å². The Kier molecular flexibility index (Phi) is 7.95. The number of rotatable bonds is 7. The Labute approximate surface area is 226 Å². The van der Waals surface area contributed by atoms with Gasteiger partial charge in [-0.3, -0.25) is 0 Å². The third-order valence-corrected chi connectivity index (χ3v) is 8.29. The van der Waals surface area contributed by atoms with E-state index in [4.69, 9.17) is 5.26 Å². The minimum atomic E-state index is -0.870. The number of aliphatic hydroxyl groups is 1. The molecule has 2 fully saturated rings. The number of hydrogen-bond donors (Lipinski definition) is 2. The molecule has 2 aliphatic rings. The standard InChI is InChI=1S/C32H39N5O/c1-32(2,38)27-10-5-9-24(18-27)25-14-15-34-31(19-25)36-30-11-4-3-8-26(30)17-23-7-6-16-37(22-23)29-13-12-28(20-33)35-21-29/h5,9-10,12-15,18-19,21,23,26,30,38H,3-4,6-8,11,16-17,22H2,1-2H3,(H,34,36)/t23?,26-,30+/m0/s1. The summed E-state index contributed by atoms with van der Waals surface area (Å²) in [5, 5.41) is 23.3. The molecule has 3 aromatic rings. The number of anilines is 2. The second-order valence-corrected chi connectivity index (χ2v) is 11.6. The number of benzene rings is 1. The number of hydrogen-bond acceptors (Lipinski definition) is 6. The highest BCUT2D eigenvalue weighted by Gasteiger charge is 2.30. The van der Waals surface area contributed by atoms with Crippen molar-refractivity contribution < 1.29 is 5.11 Å². The molecule has 0 radical (unpaired) electrons. The van der Waals surface area contributed by atoms with E-state index in [-0.39, 0.29) is 0 Å². The number of piperidine rings is 1. The van der Waals surface area contributed by atoms with Crippen LogP contribution < -0.4 is 10.2 Å². The smallest absolute Gasteiger partial charge is 0.140 e. The molecule has 0 spiro atoms. The van der Waals surface area contributed by atoms with E-state index in [9.17, 15) is 5.11 Å². The minimum Gasteiger partial charge on any atom is -0.386 e. The molecule has 6 nitrogen and oxygen atoms in total. The van der Waals surface area contributed by atoms with Crippen LogP contribution >= 0.6 is 0 Å². The molecule has 0 bridgehead atoms. The maximum absolute atomic E-state index is 10.5. The minimum absolute atomic E-state index is 0.432. The molecule has 6 heteroatoms. The average Bonchev–Trinajstić information content (AvgIpc) is 2.94. The van der Waals surface area contributed by atoms with Gasteiger partial charge in [-0.25, -0.2) is 9.97 Å². The fourth-order valence-corrected chi connectivity index (χ4v) is 6.20. The number of nitriles is 1. The van der Waals surface area contributed by atoms with Crippen LogP contribution in [0.25, 0.3) is 11.1 Å². The molecule has 1 unspecified atom stereocenters. The van der Waals surface area contributed by atoms with Gasteiger partial charge in [-0.2, -0.15) is 5.26 Å². The van der Waals surface area contributed by atoms with Crippen LogP contribution in [0.4, 0.5) is 11.5 Å². The number of aromatic nitrogens is 2. The van der Waals surface area contributed by atoms with Gasteiger partial charge in [0.05, 0.1) is 17.5 Å². The molecule has 1 aliphatic carbocycles. The van der Waals surface area contributed by atoms with Gasteiger partial charge in [-0.1, -0.05) is 31.0 Å². The van der Waals surface area contributed by atoms with E-state index in [0.29, 0.717) is 23.6 Å². The molecule has 0 amide bonds. The van der Waals surface area contributed by atoms with Crippen LogP contribution in [0.3, 0.4) is 0 Å². The van der Waals surface area contributed by atoms with Gasteiger partial charge in [0.2, 0.25) is 0 Å². The Hall–Kier alpha value is -3.43. The quantitative estimate of drug-likeness (QED) is 0.377. The zero-order valence-corrected chi connectivity index (χ0v) is 22.6. The highest BCUT2D eigenvalue weighted by Crippen LogP contribution is 2.35. The van der Waals surface area contributed by atoms with Crippen molar-refractivity contribution in [3.63, 3.8) is 0 Å². The van der Waals surface area contributed by atoms with Crippen LogP contribution in [0.1, 0.15) is 70.1 Å². The molecule has 2 N–H and O–H groups in total. The average molecular weight is 510 g/mol. The Morgan fingerprint density at radius 2 is 1.87 bits per heavy atom. The fourth-order valence-electron chi connectivity index (χ4n) is 6.20. The first-order chi connectivity index (χ1) is 18.4. The van der Waals surface area contributed by atoms with Gasteiger partial charge >= 0.3 is 0 Å². The topological polar surface area (TPSA) is 85.1 Å². The van der Waals surface area contributed by atoms with E-state index < -0.39 is 5.60 Å². The lowest BCUT2D eigenvalue weighted by molar-refractivity contribution is 0.0786. The molecule has 198 valence electrons. The van der Waals surface area contributed by atoms with Crippen LogP contribution in [0.15, 0.2) is 60.9 Å². The van der Waals surface area contributed by atoms with Gasteiger partial charge in [0.15, 0.2) is 0 Å². The predicted molar refractivity (Wildman–Crippen MR) is 153 cm³/mol. The van der Waals surface area contributed by atoms with Gasteiger partial charge < -0.3 is 15.3 Å². The molecular formula is C32H39N5O. The van der Waals surface area contributed by atoms with E-state index >= 15 is 0 Å². The SMILES string of the molecule is CC(C)(O)c1cccc(-c2ccnc(N[C@@H]3CCCC[C@H]3CC3CCCN(c4ccc(C#N)nc4)C3)c2)c1. The lowest BCUT2D eigenvalue weighted by Gasteiger charge is -2.39. The molecule has 1 aliphatic heterocycles. The molecule has 38 heavy (non-hydrogen) atoms. The third-order valence-electron chi connectivity index (χ3n) is 8.29. The summed E-state index contributed by atoms with van der Waals surface area (Å²) >= 11 is 0. The lowest BCUT2D eigenvalue weighted by Crippen LogP contribution is -2.39. The first-order valence-corrected chi connectivity index (χ1v) is 14.1. The van der Waals surface area contributed by atoms with Gasteiger partial charge in [0, 0.05) is 25.3 Å². The summed E-state index contributed by atoms with van der Waals surface area (Å²) in [7, 11) is 0. The predicted octanol–water partition coefficient (Wildman–Crippen LogP) is 6.52. The normalized spacial score (nSPS) is 22.1. The van der Waals surface area contributed by atoms with Crippen molar-refractivity contribution in [3.8, 4) is 17.2 Å². The van der Waals surface area contributed by atoms with Crippen molar-refractivity contribution in [1.82, 2.24) is 9.97 Å². The van der Waals surface area contributed by atoms with E-state index in [1.54, 1.807) is 0 Å². The summed E-state index contributed by atoms with van der Waals surface area (Å²) in [6.45, 7) is 5.76. The maximum atomic E-state index is 10.5. The molecule has 3 atom stereocenters. The molecular weight excluding hydrogens is 470 g/mol. The van der Waals surface area contributed by atoms with Gasteiger partial charge in [0.25, 0.3) is 0 Å². The summed E-state index contributed by atoms with van der Waals surface area (Å²) in [5.74, 6) is 2.23. The first-order valence-electron chi connectivity index (χ1n) is 14.1. The lowest BCUT2D eigenvalue weighted by atomic mass is 9.77. The summed E-state index contributed by atoms with van der Waals surface area (Å²) in [4.78, 5) is 11.4. The molecule has 2 aromatic heterocycles. The number of nitrogens with one attached hydrogen (secondary N) is 1. The van der Waals surface area contributed by atoms with E-state index in [0.717, 1.165) is 41.3 Å². The van der Waals surface area contributed by atoms with Crippen LogP contribution in [0.5, 0.6) is 0 Å². The van der Waals surface area contributed by atoms with Crippen LogP contribution in [0.2, 0.25) is 0 Å². The Morgan fingerprint density at radius 1 is 1.03 bits per heavy atom. The van der Waals surface area contributed by atoms with Crippen molar-refractivity contribution >= 4 is 11.5 Å². The van der Waals surface area contributed by atoms with Crippen LogP contribution in [0, 0.1) is 23.2 Å². The van der Waals surface area contributed by atoms with Crippen molar-refractivity contribution in [1.29, 1.82) is 5.26 Å². The summed E-state index contributed by atoms with van der Waals surface area (Å²) < 4.78 is 0. The van der Waals surface area contributed by atoms with Crippen molar-refractivity contribution in [3.05, 3.63) is 72.2 Å². The van der Waals surface area contributed by atoms with E-state index in [1.165, 1.54) is 44.9 Å². The maximum Gasteiger partial charge on any atom is 0.140 e. The first kappa shape index (κ1) is 26.2. The molecule has 1 saturated carbocycles. The van der Waals surface area contributed by atoms with E-state index in [2.05, 4.69) is 44.5 Å². The summed E-state index contributed by atoms with van der Waals surface area (Å²) in [6, 6.07) is 18.7. The fraction of sp³-hybridized carbons (Fsp3) is 0.469. The Morgan fingerprint density at radius 3 is 2.66 bits per heavy atom. The van der Waals surface area contributed by atoms with Gasteiger partial charge in [0.1, 0.15) is 17.6 Å². The zero-order chi connectivity index (χ0) is 26.5. The van der Waals surface area contributed by atoms with Crippen molar-refractivity contribution in [2.45, 2.75) is 70.4 Å². The highest BCUT2D eigenvalue weighted by atomic mass is 16.3. The second kappa shape index (κ2) is 11.5. The van der Waals surface area contributed by atoms with Crippen molar-refractivity contribution in [2.75, 3.05) is 23.3 Å². The number of nitrogens with zero attached hydrogens (tertiary/aromatic N) is 4. The van der Waals surface area contributed by atoms with Gasteiger partial charge in [-0.05, 0) is 105 Å². The molecule has 5 rings (SSSR count). The zero-order valence-electron chi connectivity index (χ0n) is 22.6. The Balaban J connectivity index is 1.25. The van der Waals surface area contributed by atoms with Crippen molar-refractivity contribution in [2.24, 2.45) is 11.8 Å². The summed E-state index contributed by atoms with van der Waals surface area (Å²) in [6.07, 6.45) is 12.4. The Bertz CT molecular complexity index is 1260. The largest absolute Gasteiger partial charge is 0.386 e. The third kappa shape index (κ3) is 6.34. The van der Waals surface area contributed by atoms with Crippen LogP contribution in [-0.4, -0.2) is 34.2 Å². The molecule has 1 saturated heterocycles. The van der Waals surface area contributed by atoms with Gasteiger partial charge in [-0.15, -0.1) is 0 Å². The molecule has 1 aromatic carbocycles. The summed E-state index contributed by atoms with van der Waals surface area (Å²) in [5.41, 5.74) is 3.84. The monoisotopic (exact) mass is 509 g/mol. The molecule has 3 heterocycles. The van der Waals surface area contributed by atoms with E-state index in [1.807, 2.05) is 56.6 Å². The second-order valence-electron chi connectivity index (χ2n) is 11.6. The highest BCUT2D eigenvalue weighted by molar-refractivity contribution is 5.67. The number of pyridine rings is 2.